The van der Waals surface area contributed by atoms with Crippen molar-refractivity contribution in [2.24, 2.45) is 5.92 Å². The Kier molecular flexibility index (Phi) is 6.05. The summed E-state index contributed by atoms with van der Waals surface area (Å²) >= 11 is 0. The van der Waals surface area contributed by atoms with Crippen LogP contribution in [0.2, 0.25) is 0 Å². The Labute approximate surface area is 150 Å². The molecule has 25 heavy (non-hydrogen) atoms. The van der Waals surface area contributed by atoms with E-state index in [9.17, 15) is 9.59 Å². The maximum atomic E-state index is 13.1. The van der Waals surface area contributed by atoms with Gasteiger partial charge in [0, 0.05) is 37.9 Å². The molecule has 1 aromatic heterocycles. The first-order valence-electron chi connectivity index (χ1n) is 9.69. The maximum Gasteiger partial charge on any atom is 0.245 e. The highest BCUT2D eigenvalue weighted by Crippen LogP contribution is 2.29. The van der Waals surface area contributed by atoms with Gasteiger partial charge >= 0.3 is 0 Å². The number of likely N-dealkylation sites (N-methyl/N-ethyl adjacent to an activating group) is 1. The van der Waals surface area contributed by atoms with Crippen LogP contribution in [0.3, 0.4) is 0 Å². The van der Waals surface area contributed by atoms with Crippen LogP contribution in [0.25, 0.3) is 0 Å². The predicted molar refractivity (Wildman–Crippen MR) is 96.6 cm³/mol. The maximum absolute atomic E-state index is 13.1. The quantitative estimate of drug-likeness (QED) is 0.826. The second-order valence-electron chi connectivity index (χ2n) is 7.23. The van der Waals surface area contributed by atoms with Gasteiger partial charge in [-0.3, -0.25) is 14.6 Å². The average Bonchev–Trinajstić information content (AvgIpc) is 3.16. The molecule has 0 unspecified atom stereocenters. The molecule has 1 saturated carbocycles. The Morgan fingerprint density at radius 2 is 1.84 bits per heavy atom. The van der Waals surface area contributed by atoms with Crippen LogP contribution >= 0.6 is 0 Å². The summed E-state index contributed by atoms with van der Waals surface area (Å²) in [6, 6.07) is 3.61. The summed E-state index contributed by atoms with van der Waals surface area (Å²) in [5, 5.41) is 0. The molecule has 1 aliphatic heterocycles. The Balaban J connectivity index is 1.67. The molecule has 1 atom stereocenters. The minimum Gasteiger partial charge on any atom is -0.337 e. The Bertz CT molecular complexity index is 584. The van der Waals surface area contributed by atoms with Crippen LogP contribution in [0.5, 0.6) is 0 Å². The van der Waals surface area contributed by atoms with Crippen molar-refractivity contribution in [3.63, 3.8) is 0 Å². The monoisotopic (exact) mass is 343 g/mol. The molecule has 1 saturated heterocycles. The molecule has 2 amide bonds. The van der Waals surface area contributed by atoms with Crippen molar-refractivity contribution in [1.82, 2.24) is 14.8 Å². The minimum atomic E-state index is -0.267. The van der Waals surface area contributed by atoms with Gasteiger partial charge in [-0.15, -0.1) is 0 Å². The van der Waals surface area contributed by atoms with Gasteiger partial charge in [0.1, 0.15) is 6.04 Å². The summed E-state index contributed by atoms with van der Waals surface area (Å²) in [6.07, 6.45) is 10.7. The zero-order valence-corrected chi connectivity index (χ0v) is 15.2. The second kappa shape index (κ2) is 8.45. The van der Waals surface area contributed by atoms with E-state index in [0.717, 1.165) is 50.6 Å². The molecule has 2 heterocycles. The second-order valence-corrected chi connectivity index (χ2v) is 7.23. The number of rotatable bonds is 5. The molecule has 0 radical (unpaired) electrons. The Morgan fingerprint density at radius 3 is 2.52 bits per heavy atom. The highest BCUT2D eigenvalue weighted by molar-refractivity contribution is 5.89. The van der Waals surface area contributed by atoms with Crippen LogP contribution in [0.1, 0.15) is 57.4 Å². The van der Waals surface area contributed by atoms with E-state index in [-0.39, 0.29) is 23.8 Å². The molecule has 0 aromatic carbocycles. The lowest BCUT2D eigenvalue weighted by molar-refractivity contribution is -0.146. The van der Waals surface area contributed by atoms with E-state index < -0.39 is 0 Å². The van der Waals surface area contributed by atoms with E-state index in [1.54, 1.807) is 12.4 Å². The third-order valence-corrected chi connectivity index (χ3v) is 5.59. The van der Waals surface area contributed by atoms with Gasteiger partial charge in [0.25, 0.3) is 0 Å². The van der Waals surface area contributed by atoms with Crippen LogP contribution < -0.4 is 0 Å². The van der Waals surface area contributed by atoms with E-state index in [0.29, 0.717) is 13.1 Å². The minimum absolute atomic E-state index is 0.0981. The molecule has 1 aromatic rings. The summed E-state index contributed by atoms with van der Waals surface area (Å²) in [4.78, 5) is 33.8. The molecule has 5 heteroatoms. The number of hydrogen-bond donors (Lipinski definition) is 0. The van der Waals surface area contributed by atoms with Gasteiger partial charge in [-0.2, -0.15) is 0 Å². The molecule has 2 fully saturated rings. The molecule has 136 valence electrons. The molecule has 0 N–H and O–H groups in total. The van der Waals surface area contributed by atoms with Gasteiger partial charge < -0.3 is 9.80 Å². The van der Waals surface area contributed by atoms with Crippen molar-refractivity contribution in [3.8, 4) is 0 Å². The zero-order valence-electron chi connectivity index (χ0n) is 15.2. The van der Waals surface area contributed by atoms with Gasteiger partial charge in [-0.25, -0.2) is 0 Å². The van der Waals surface area contributed by atoms with E-state index in [4.69, 9.17) is 0 Å². The molecule has 1 aliphatic carbocycles. The fourth-order valence-electron chi connectivity index (χ4n) is 4.14. The van der Waals surface area contributed by atoms with Crippen molar-refractivity contribution >= 4 is 11.8 Å². The summed E-state index contributed by atoms with van der Waals surface area (Å²) < 4.78 is 0. The van der Waals surface area contributed by atoms with E-state index in [1.165, 1.54) is 6.42 Å². The fraction of sp³-hybridized carbons (Fsp3) is 0.650. The SMILES string of the molecule is CCN(Cc1ccncc1)C(=O)[C@H]1CCCN1C(=O)C1CCCCC1. The van der Waals surface area contributed by atoms with Gasteiger partial charge in [-0.05, 0) is 50.3 Å². The van der Waals surface area contributed by atoms with Crippen molar-refractivity contribution in [2.75, 3.05) is 13.1 Å². The van der Waals surface area contributed by atoms with E-state index in [2.05, 4.69) is 4.98 Å². The van der Waals surface area contributed by atoms with Crippen LogP contribution in [-0.4, -0.2) is 45.7 Å². The number of carbonyl (C=O) groups is 2. The first-order chi connectivity index (χ1) is 12.2. The fourth-order valence-corrected chi connectivity index (χ4v) is 4.14. The van der Waals surface area contributed by atoms with Gasteiger partial charge in [0.2, 0.25) is 11.8 Å². The molecule has 5 nitrogen and oxygen atoms in total. The number of pyridine rings is 1. The number of nitrogens with zero attached hydrogens (tertiary/aromatic N) is 3. The first-order valence-corrected chi connectivity index (χ1v) is 9.69. The molecule has 0 bridgehead atoms. The number of hydrogen-bond acceptors (Lipinski definition) is 3. The number of amides is 2. The van der Waals surface area contributed by atoms with Gasteiger partial charge in [-0.1, -0.05) is 19.3 Å². The molecule has 2 aliphatic rings. The Hall–Kier alpha value is -1.91. The number of aromatic nitrogens is 1. The summed E-state index contributed by atoms with van der Waals surface area (Å²) in [5.74, 6) is 0.453. The third kappa shape index (κ3) is 4.20. The molecular formula is C20H29N3O2. The highest BCUT2D eigenvalue weighted by Gasteiger charge is 2.38. The standard InChI is InChI=1S/C20H29N3O2/c1-2-22(15-16-10-12-21-13-11-16)20(25)18-9-6-14-23(18)19(24)17-7-4-3-5-8-17/h10-13,17-18H,2-9,14-15H2,1H3/t18-/m1/s1. The molecular weight excluding hydrogens is 314 g/mol. The normalized spacial score (nSPS) is 21.3. The van der Waals surface area contributed by atoms with Crippen LogP contribution in [0.15, 0.2) is 24.5 Å². The van der Waals surface area contributed by atoms with Crippen molar-refractivity contribution in [1.29, 1.82) is 0 Å². The lowest BCUT2D eigenvalue weighted by atomic mass is 9.88. The van der Waals surface area contributed by atoms with Crippen molar-refractivity contribution in [2.45, 2.75) is 64.5 Å². The number of carbonyl (C=O) groups excluding carboxylic acids is 2. The molecule has 3 rings (SSSR count). The summed E-state index contributed by atoms with van der Waals surface area (Å²) in [5.41, 5.74) is 1.08. The van der Waals surface area contributed by atoms with Gasteiger partial charge in [0.15, 0.2) is 0 Å². The summed E-state index contributed by atoms with van der Waals surface area (Å²) in [6.45, 7) is 3.98. The smallest absolute Gasteiger partial charge is 0.245 e. The largest absolute Gasteiger partial charge is 0.337 e. The van der Waals surface area contributed by atoms with Crippen LogP contribution in [0, 0.1) is 5.92 Å². The summed E-state index contributed by atoms with van der Waals surface area (Å²) in [7, 11) is 0. The molecule has 0 spiro atoms. The lowest BCUT2D eigenvalue weighted by Gasteiger charge is -2.33. The van der Waals surface area contributed by atoms with Crippen LogP contribution in [0.4, 0.5) is 0 Å². The van der Waals surface area contributed by atoms with Crippen molar-refractivity contribution in [3.05, 3.63) is 30.1 Å². The topological polar surface area (TPSA) is 53.5 Å². The lowest BCUT2D eigenvalue weighted by Crippen LogP contribution is -2.49. The first kappa shape index (κ1) is 17.9. The Morgan fingerprint density at radius 1 is 1.12 bits per heavy atom. The van der Waals surface area contributed by atoms with E-state index >= 15 is 0 Å². The van der Waals surface area contributed by atoms with Crippen LogP contribution in [-0.2, 0) is 16.1 Å². The predicted octanol–water partition coefficient (Wildman–Crippen LogP) is 3.00. The average molecular weight is 343 g/mol. The third-order valence-electron chi connectivity index (χ3n) is 5.59. The number of likely N-dealkylation sites (tertiary alicyclic amines) is 1. The van der Waals surface area contributed by atoms with Gasteiger partial charge in [0.05, 0.1) is 0 Å². The van der Waals surface area contributed by atoms with Crippen molar-refractivity contribution < 1.29 is 9.59 Å². The zero-order chi connectivity index (χ0) is 17.6. The van der Waals surface area contributed by atoms with E-state index in [1.807, 2.05) is 28.9 Å². The highest BCUT2D eigenvalue weighted by atomic mass is 16.2.